The molecule has 0 N–H and O–H groups in total. The van der Waals surface area contributed by atoms with Gasteiger partial charge in [0.15, 0.2) is 0 Å². The summed E-state index contributed by atoms with van der Waals surface area (Å²) in [5.41, 5.74) is 6.51. The first kappa shape index (κ1) is 16.2. The number of pyridine rings is 1. The lowest BCUT2D eigenvalue weighted by molar-refractivity contribution is 0.628. The van der Waals surface area contributed by atoms with Crippen LogP contribution in [-0.2, 0) is 6.42 Å². The molecule has 3 aromatic carbocycles. The number of rotatable bonds is 4. The molecule has 4 rings (SSSR count). The van der Waals surface area contributed by atoms with E-state index >= 15 is 0 Å². The van der Waals surface area contributed by atoms with Crippen molar-refractivity contribution in [3.63, 3.8) is 0 Å². The van der Waals surface area contributed by atoms with Crippen molar-refractivity contribution in [1.29, 1.82) is 0 Å². The van der Waals surface area contributed by atoms with Gasteiger partial charge in [-0.05, 0) is 53.4 Å². The van der Waals surface area contributed by atoms with Crippen LogP contribution in [0.25, 0.3) is 22.4 Å². The van der Waals surface area contributed by atoms with Crippen LogP contribution < -0.4 is 0 Å². The predicted molar refractivity (Wildman–Crippen MR) is 104 cm³/mol. The number of hydrogen-bond acceptors (Lipinski definition) is 1. The summed E-state index contributed by atoms with van der Waals surface area (Å²) in [5, 5.41) is 0. The average molecular weight is 339 g/mol. The van der Waals surface area contributed by atoms with Crippen LogP contribution in [0.5, 0.6) is 0 Å². The van der Waals surface area contributed by atoms with Crippen LogP contribution in [-0.4, -0.2) is 4.98 Å². The molecule has 0 saturated carbocycles. The van der Waals surface area contributed by atoms with Crippen LogP contribution in [0, 0.1) is 5.82 Å². The molecule has 2 heteroatoms. The maximum absolute atomic E-state index is 13.2. The van der Waals surface area contributed by atoms with Gasteiger partial charge >= 0.3 is 0 Å². The lowest BCUT2D eigenvalue weighted by Gasteiger charge is -2.12. The molecule has 0 saturated heterocycles. The SMILES string of the molecule is Fc1ccc(-c2cc(Cc3ccccc3)c(-c3ccccc3)cn2)cc1. The highest BCUT2D eigenvalue weighted by Crippen LogP contribution is 2.29. The number of halogens is 1. The molecular formula is C24H18FN. The molecule has 0 atom stereocenters. The predicted octanol–water partition coefficient (Wildman–Crippen LogP) is 6.15. The third-order valence-electron chi connectivity index (χ3n) is 4.45. The lowest BCUT2D eigenvalue weighted by atomic mass is 9.95. The van der Waals surface area contributed by atoms with Gasteiger partial charge in [-0.15, -0.1) is 0 Å². The molecule has 0 fully saturated rings. The van der Waals surface area contributed by atoms with Crippen LogP contribution >= 0.6 is 0 Å². The molecule has 0 bridgehead atoms. The monoisotopic (exact) mass is 339 g/mol. The summed E-state index contributed by atoms with van der Waals surface area (Å²) in [6.07, 6.45) is 2.74. The Bertz CT molecular complexity index is 993. The zero-order chi connectivity index (χ0) is 17.8. The Labute approximate surface area is 152 Å². The van der Waals surface area contributed by atoms with Crippen LogP contribution in [0.4, 0.5) is 4.39 Å². The molecule has 1 nitrogen and oxygen atoms in total. The van der Waals surface area contributed by atoms with Gasteiger partial charge < -0.3 is 0 Å². The number of aromatic nitrogens is 1. The Hall–Kier alpha value is -3.26. The zero-order valence-corrected chi connectivity index (χ0v) is 14.3. The Morgan fingerprint density at radius 1 is 0.692 bits per heavy atom. The summed E-state index contributed by atoms with van der Waals surface area (Å²) in [7, 11) is 0. The summed E-state index contributed by atoms with van der Waals surface area (Å²) in [5.74, 6) is -0.237. The van der Waals surface area contributed by atoms with E-state index in [1.807, 2.05) is 30.5 Å². The molecule has 0 amide bonds. The fourth-order valence-corrected chi connectivity index (χ4v) is 3.12. The highest BCUT2D eigenvalue weighted by molar-refractivity contribution is 5.71. The van der Waals surface area contributed by atoms with Gasteiger partial charge in [0.05, 0.1) is 5.69 Å². The van der Waals surface area contributed by atoms with Crippen molar-refractivity contribution in [2.75, 3.05) is 0 Å². The van der Waals surface area contributed by atoms with E-state index in [0.29, 0.717) is 0 Å². The lowest BCUT2D eigenvalue weighted by Crippen LogP contribution is -1.96. The molecular weight excluding hydrogens is 321 g/mol. The maximum atomic E-state index is 13.2. The third-order valence-corrected chi connectivity index (χ3v) is 4.45. The van der Waals surface area contributed by atoms with Gasteiger partial charge in [-0.1, -0.05) is 60.7 Å². The van der Waals surface area contributed by atoms with E-state index in [4.69, 9.17) is 0 Å². The Morgan fingerprint density at radius 2 is 1.35 bits per heavy atom. The topological polar surface area (TPSA) is 12.9 Å². The van der Waals surface area contributed by atoms with Gasteiger partial charge in [-0.3, -0.25) is 4.98 Å². The van der Waals surface area contributed by atoms with Gasteiger partial charge in [-0.2, -0.15) is 0 Å². The molecule has 0 aliphatic heterocycles. The van der Waals surface area contributed by atoms with E-state index in [1.54, 1.807) is 12.1 Å². The second-order valence-corrected chi connectivity index (χ2v) is 6.26. The smallest absolute Gasteiger partial charge is 0.123 e. The third kappa shape index (κ3) is 3.55. The molecule has 0 aliphatic rings. The van der Waals surface area contributed by atoms with Gasteiger partial charge in [0.25, 0.3) is 0 Å². The first-order chi connectivity index (χ1) is 12.8. The normalized spacial score (nSPS) is 10.7. The zero-order valence-electron chi connectivity index (χ0n) is 14.3. The van der Waals surface area contributed by atoms with Crippen LogP contribution in [0.1, 0.15) is 11.1 Å². The minimum atomic E-state index is -0.237. The van der Waals surface area contributed by atoms with E-state index in [2.05, 4.69) is 47.4 Å². The standard InChI is InChI=1S/C24H18FN/c25-22-13-11-20(12-14-22)24-16-21(15-18-7-3-1-4-8-18)23(17-26-24)19-9-5-2-6-10-19/h1-14,16-17H,15H2. The van der Waals surface area contributed by atoms with E-state index in [-0.39, 0.29) is 5.82 Å². The highest BCUT2D eigenvalue weighted by Gasteiger charge is 2.10. The second kappa shape index (κ2) is 7.32. The molecule has 4 aromatic rings. The quantitative estimate of drug-likeness (QED) is 0.435. The maximum Gasteiger partial charge on any atom is 0.123 e. The van der Waals surface area contributed by atoms with Crippen molar-refractivity contribution in [2.45, 2.75) is 6.42 Å². The summed E-state index contributed by atoms with van der Waals surface area (Å²) >= 11 is 0. The van der Waals surface area contributed by atoms with Crippen molar-refractivity contribution in [1.82, 2.24) is 4.98 Å². The van der Waals surface area contributed by atoms with Crippen molar-refractivity contribution in [3.8, 4) is 22.4 Å². The average Bonchev–Trinajstić information content (AvgIpc) is 2.70. The van der Waals surface area contributed by atoms with Crippen molar-refractivity contribution in [2.24, 2.45) is 0 Å². The largest absolute Gasteiger partial charge is 0.256 e. The molecule has 0 spiro atoms. The fourth-order valence-electron chi connectivity index (χ4n) is 3.12. The highest BCUT2D eigenvalue weighted by atomic mass is 19.1. The van der Waals surface area contributed by atoms with Gasteiger partial charge in [0, 0.05) is 17.3 Å². The Balaban J connectivity index is 1.80. The summed E-state index contributed by atoms with van der Waals surface area (Å²) in [6, 6.07) is 29.3. The molecule has 0 radical (unpaired) electrons. The molecule has 26 heavy (non-hydrogen) atoms. The summed E-state index contributed by atoms with van der Waals surface area (Å²) in [4.78, 5) is 4.63. The van der Waals surface area contributed by atoms with E-state index in [0.717, 1.165) is 28.8 Å². The van der Waals surface area contributed by atoms with Crippen molar-refractivity contribution < 1.29 is 4.39 Å². The van der Waals surface area contributed by atoms with E-state index in [1.165, 1.54) is 23.3 Å². The number of benzene rings is 3. The molecule has 0 unspecified atom stereocenters. The molecule has 1 aromatic heterocycles. The first-order valence-corrected chi connectivity index (χ1v) is 8.64. The number of hydrogen-bond donors (Lipinski definition) is 0. The Kier molecular flexibility index (Phi) is 4.57. The minimum absolute atomic E-state index is 0.237. The van der Waals surface area contributed by atoms with Gasteiger partial charge in [-0.25, -0.2) is 4.39 Å². The van der Waals surface area contributed by atoms with E-state index in [9.17, 15) is 4.39 Å². The summed E-state index contributed by atoms with van der Waals surface area (Å²) in [6.45, 7) is 0. The van der Waals surface area contributed by atoms with Gasteiger partial charge in [0.2, 0.25) is 0 Å². The van der Waals surface area contributed by atoms with Crippen molar-refractivity contribution >= 4 is 0 Å². The minimum Gasteiger partial charge on any atom is -0.256 e. The van der Waals surface area contributed by atoms with Crippen molar-refractivity contribution in [3.05, 3.63) is 114 Å². The summed E-state index contributed by atoms with van der Waals surface area (Å²) < 4.78 is 13.2. The van der Waals surface area contributed by atoms with E-state index < -0.39 is 0 Å². The van der Waals surface area contributed by atoms with Crippen LogP contribution in [0.2, 0.25) is 0 Å². The molecule has 0 aliphatic carbocycles. The van der Waals surface area contributed by atoms with Crippen LogP contribution in [0.3, 0.4) is 0 Å². The Morgan fingerprint density at radius 3 is 2.04 bits per heavy atom. The van der Waals surface area contributed by atoms with Gasteiger partial charge in [0.1, 0.15) is 5.82 Å². The van der Waals surface area contributed by atoms with Crippen LogP contribution in [0.15, 0.2) is 97.2 Å². The number of nitrogens with zero attached hydrogens (tertiary/aromatic N) is 1. The molecule has 126 valence electrons. The molecule has 1 heterocycles. The second-order valence-electron chi connectivity index (χ2n) is 6.26. The fraction of sp³-hybridized carbons (Fsp3) is 0.0417. The first-order valence-electron chi connectivity index (χ1n) is 8.64.